The molecule has 1 unspecified atom stereocenters. The monoisotopic (exact) mass is 509 g/mol. The van der Waals surface area contributed by atoms with Crippen LogP contribution >= 0.6 is 0 Å². The van der Waals surface area contributed by atoms with Gasteiger partial charge in [0.2, 0.25) is 0 Å². The molecule has 1 atom stereocenters. The average molecular weight is 509 g/mol. The molecule has 0 aliphatic heterocycles. The summed E-state index contributed by atoms with van der Waals surface area (Å²) in [4.78, 5) is 12.6. The lowest BCUT2D eigenvalue weighted by Gasteiger charge is -2.19. The van der Waals surface area contributed by atoms with E-state index in [9.17, 15) is 4.79 Å². The van der Waals surface area contributed by atoms with Crippen molar-refractivity contribution < 1.29 is 9.53 Å². The fourth-order valence-electron chi connectivity index (χ4n) is 5.31. The number of carbonyl (C=O) groups is 1. The van der Waals surface area contributed by atoms with E-state index in [2.05, 4.69) is 27.7 Å². The quantitative estimate of drug-likeness (QED) is 0.0741. The highest BCUT2D eigenvalue weighted by Crippen LogP contribution is 2.21. The van der Waals surface area contributed by atoms with E-state index in [0.717, 1.165) is 6.42 Å². The van der Waals surface area contributed by atoms with Crippen LogP contribution < -0.4 is 0 Å². The fraction of sp³-hybridized carbons (Fsp3) is 0.971. The Morgan fingerprint density at radius 1 is 0.472 bits per heavy atom. The van der Waals surface area contributed by atoms with Crippen LogP contribution in [0.1, 0.15) is 195 Å². The van der Waals surface area contributed by atoms with Crippen molar-refractivity contribution in [2.75, 3.05) is 6.61 Å². The van der Waals surface area contributed by atoms with Crippen molar-refractivity contribution in [3.8, 4) is 0 Å². The number of hydrogen-bond donors (Lipinski definition) is 0. The van der Waals surface area contributed by atoms with Crippen molar-refractivity contribution in [2.24, 2.45) is 11.8 Å². The van der Waals surface area contributed by atoms with Crippen LogP contribution in [0.15, 0.2) is 0 Å². The predicted molar refractivity (Wildman–Crippen MR) is 161 cm³/mol. The summed E-state index contributed by atoms with van der Waals surface area (Å²) in [6.45, 7) is 9.58. The van der Waals surface area contributed by atoms with Gasteiger partial charge in [-0.3, -0.25) is 4.79 Å². The van der Waals surface area contributed by atoms with Crippen LogP contribution in [0.3, 0.4) is 0 Å². The first-order valence-electron chi connectivity index (χ1n) is 16.8. The van der Waals surface area contributed by atoms with Gasteiger partial charge in [0, 0.05) is 0 Å². The van der Waals surface area contributed by atoms with Crippen LogP contribution in [0, 0.1) is 11.8 Å². The zero-order chi connectivity index (χ0) is 26.5. The summed E-state index contributed by atoms with van der Waals surface area (Å²) in [6, 6.07) is 0. The smallest absolute Gasteiger partial charge is 0.308 e. The third kappa shape index (κ3) is 25.1. The predicted octanol–water partition coefficient (Wildman–Crippen LogP) is 12.0. The normalized spacial score (nSPS) is 12.4. The molecule has 0 aliphatic carbocycles. The molecule has 0 bridgehead atoms. The van der Waals surface area contributed by atoms with Gasteiger partial charge in [0.15, 0.2) is 0 Å². The number of hydrogen-bond acceptors (Lipinski definition) is 2. The molecular formula is C34H68O2. The molecule has 2 heteroatoms. The summed E-state index contributed by atoms with van der Waals surface area (Å²) >= 11 is 0. The highest BCUT2D eigenvalue weighted by atomic mass is 16.5. The maximum Gasteiger partial charge on any atom is 0.308 e. The molecule has 0 spiro atoms. The average Bonchev–Trinajstić information content (AvgIpc) is 2.88. The van der Waals surface area contributed by atoms with Crippen LogP contribution in [-0.2, 0) is 9.53 Å². The third-order valence-electron chi connectivity index (χ3n) is 8.04. The van der Waals surface area contributed by atoms with E-state index in [1.807, 2.05) is 0 Å². The summed E-state index contributed by atoms with van der Waals surface area (Å²) in [5, 5.41) is 0. The van der Waals surface area contributed by atoms with Gasteiger partial charge in [0.25, 0.3) is 0 Å². The molecule has 0 aliphatic rings. The van der Waals surface area contributed by atoms with E-state index in [4.69, 9.17) is 4.74 Å². The molecule has 0 saturated carbocycles. The third-order valence-corrected chi connectivity index (χ3v) is 8.04. The van der Waals surface area contributed by atoms with Gasteiger partial charge in [-0.2, -0.15) is 0 Å². The van der Waals surface area contributed by atoms with Crippen LogP contribution in [0.5, 0.6) is 0 Å². The van der Waals surface area contributed by atoms with Crippen LogP contribution in [0.4, 0.5) is 0 Å². The van der Waals surface area contributed by atoms with Gasteiger partial charge in [-0.25, -0.2) is 0 Å². The van der Waals surface area contributed by atoms with Crippen molar-refractivity contribution >= 4 is 5.97 Å². The molecule has 0 N–H and O–H groups in total. The lowest BCUT2D eigenvalue weighted by Crippen LogP contribution is -2.20. The minimum atomic E-state index is 0.0543. The van der Waals surface area contributed by atoms with E-state index < -0.39 is 0 Å². The molecule has 36 heavy (non-hydrogen) atoms. The van der Waals surface area contributed by atoms with E-state index in [1.54, 1.807) is 0 Å². The van der Waals surface area contributed by atoms with Gasteiger partial charge < -0.3 is 4.74 Å². The van der Waals surface area contributed by atoms with E-state index in [1.165, 1.54) is 161 Å². The maximum atomic E-state index is 12.6. The second kappa shape index (κ2) is 29.0. The van der Waals surface area contributed by atoms with Crippen molar-refractivity contribution in [1.82, 2.24) is 0 Å². The molecule has 0 amide bonds. The standard InChI is InChI=1S/C34H68O2/c1-5-8-11-14-17-18-21-22-25-28-32(4)34(35)36-31-33(29-26-23-19-15-12-9-6-2)30-27-24-20-16-13-10-7-3/h32-33H,5-31H2,1-4H3. The Morgan fingerprint density at radius 2 is 0.778 bits per heavy atom. The second-order valence-electron chi connectivity index (χ2n) is 11.8. The Balaban J connectivity index is 4.09. The molecular weight excluding hydrogens is 440 g/mol. The molecule has 0 saturated heterocycles. The Labute approximate surface area is 228 Å². The van der Waals surface area contributed by atoms with Gasteiger partial charge in [0.05, 0.1) is 12.5 Å². The number of unbranched alkanes of at least 4 members (excludes halogenated alkanes) is 20. The summed E-state index contributed by atoms with van der Waals surface area (Å²) in [7, 11) is 0. The molecule has 216 valence electrons. The molecule has 0 rings (SSSR count). The summed E-state index contributed by atoms with van der Waals surface area (Å²) in [5.41, 5.74) is 0. The first-order valence-corrected chi connectivity index (χ1v) is 16.8. The van der Waals surface area contributed by atoms with E-state index >= 15 is 0 Å². The summed E-state index contributed by atoms with van der Waals surface area (Å²) in [5.74, 6) is 0.686. The Bertz CT molecular complexity index is 415. The lowest BCUT2D eigenvalue weighted by atomic mass is 9.94. The molecule has 0 heterocycles. The van der Waals surface area contributed by atoms with Crippen LogP contribution in [-0.4, -0.2) is 12.6 Å². The van der Waals surface area contributed by atoms with E-state index in [0.29, 0.717) is 12.5 Å². The number of carbonyl (C=O) groups excluding carboxylic acids is 1. The minimum Gasteiger partial charge on any atom is -0.465 e. The Hall–Kier alpha value is -0.530. The second-order valence-corrected chi connectivity index (χ2v) is 11.8. The topological polar surface area (TPSA) is 26.3 Å². The van der Waals surface area contributed by atoms with Gasteiger partial charge in [0.1, 0.15) is 0 Å². The lowest BCUT2D eigenvalue weighted by molar-refractivity contribution is -0.149. The number of ether oxygens (including phenoxy) is 1. The van der Waals surface area contributed by atoms with Crippen LogP contribution in [0.2, 0.25) is 0 Å². The molecule has 0 aromatic heterocycles. The zero-order valence-corrected chi connectivity index (χ0v) is 25.6. The fourth-order valence-corrected chi connectivity index (χ4v) is 5.31. The summed E-state index contributed by atoms with van der Waals surface area (Å²) < 4.78 is 5.88. The minimum absolute atomic E-state index is 0.0543. The largest absolute Gasteiger partial charge is 0.465 e. The van der Waals surface area contributed by atoms with Crippen molar-refractivity contribution in [3.63, 3.8) is 0 Å². The van der Waals surface area contributed by atoms with Gasteiger partial charge in [-0.1, -0.05) is 175 Å². The van der Waals surface area contributed by atoms with Crippen molar-refractivity contribution in [2.45, 2.75) is 195 Å². The molecule has 0 radical (unpaired) electrons. The first kappa shape index (κ1) is 35.5. The molecule has 0 aromatic carbocycles. The highest BCUT2D eigenvalue weighted by Gasteiger charge is 2.17. The van der Waals surface area contributed by atoms with Gasteiger partial charge in [-0.05, 0) is 25.2 Å². The Kier molecular flexibility index (Phi) is 28.6. The first-order chi connectivity index (χ1) is 17.7. The Morgan fingerprint density at radius 3 is 1.14 bits per heavy atom. The molecule has 2 nitrogen and oxygen atoms in total. The van der Waals surface area contributed by atoms with Gasteiger partial charge >= 0.3 is 5.97 Å². The summed E-state index contributed by atoms with van der Waals surface area (Å²) in [6.07, 6.45) is 34.5. The van der Waals surface area contributed by atoms with Crippen LogP contribution in [0.25, 0.3) is 0 Å². The maximum absolute atomic E-state index is 12.6. The van der Waals surface area contributed by atoms with Crippen molar-refractivity contribution in [3.05, 3.63) is 0 Å². The number of esters is 1. The highest BCUT2D eigenvalue weighted by molar-refractivity contribution is 5.71. The molecule has 0 aromatic rings. The van der Waals surface area contributed by atoms with Gasteiger partial charge in [-0.15, -0.1) is 0 Å². The zero-order valence-electron chi connectivity index (χ0n) is 25.6. The number of rotatable bonds is 29. The van der Waals surface area contributed by atoms with Crippen molar-refractivity contribution in [1.29, 1.82) is 0 Å². The molecule has 0 fully saturated rings. The van der Waals surface area contributed by atoms with E-state index in [-0.39, 0.29) is 11.9 Å². The SMILES string of the molecule is CCCCCCCCCCCC(C)C(=O)OCC(CCCCCCCCC)CCCCCCCCC.